The van der Waals surface area contributed by atoms with E-state index in [1.54, 1.807) is 0 Å². The summed E-state index contributed by atoms with van der Waals surface area (Å²) in [7, 11) is -3.77. The maximum absolute atomic E-state index is 13.7. The van der Waals surface area contributed by atoms with Crippen LogP contribution in [0.25, 0.3) is 0 Å². The first-order valence-corrected chi connectivity index (χ1v) is 9.02. The molecule has 0 aliphatic rings. The molecular weight excluding hydrogens is 369 g/mol. The Kier molecular flexibility index (Phi) is 6.30. The fourth-order valence-electron chi connectivity index (χ4n) is 1.93. The minimum atomic E-state index is -3.77. The van der Waals surface area contributed by atoms with Gasteiger partial charge in [0.25, 0.3) is 0 Å². The molecule has 0 aliphatic carbocycles. The Balaban J connectivity index is 2.15. The van der Waals surface area contributed by atoms with E-state index in [9.17, 15) is 17.6 Å². The van der Waals surface area contributed by atoms with Gasteiger partial charge in [0.1, 0.15) is 12.4 Å². The first-order chi connectivity index (χ1) is 11.8. The molecule has 0 atom stereocenters. The van der Waals surface area contributed by atoms with Crippen molar-refractivity contribution in [1.29, 1.82) is 0 Å². The van der Waals surface area contributed by atoms with E-state index >= 15 is 0 Å². The Morgan fingerprint density at radius 2 is 2.00 bits per heavy atom. The van der Waals surface area contributed by atoms with Gasteiger partial charge in [0.15, 0.2) is 0 Å². The van der Waals surface area contributed by atoms with Crippen LogP contribution in [0, 0.1) is 5.82 Å². The number of nitrogens with one attached hydrogen (secondary N) is 1. The second kappa shape index (κ2) is 8.24. The van der Waals surface area contributed by atoms with Gasteiger partial charge < -0.3 is 4.74 Å². The van der Waals surface area contributed by atoms with Gasteiger partial charge in [-0.2, -0.15) is 0 Å². The Labute approximate surface area is 150 Å². The number of benzene rings is 2. The third-order valence-corrected chi connectivity index (χ3v) is 4.98. The molecule has 0 amide bonds. The van der Waals surface area contributed by atoms with Crippen LogP contribution in [0.1, 0.15) is 15.9 Å². The molecule has 0 fully saturated rings. The normalized spacial score (nSPS) is 11.1. The van der Waals surface area contributed by atoms with Gasteiger partial charge in [-0.1, -0.05) is 29.8 Å². The minimum Gasteiger partial charge on any atom is -0.457 e. The highest BCUT2D eigenvalue weighted by atomic mass is 35.5. The molecule has 5 nitrogen and oxygen atoms in total. The van der Waals surface area contributed by atoms with E-state index in [0.717, 1.165) is 0 Å². The number of sulfonamides is 1. The van der Waals surface area contributed by atoms with Crippen molar-refractivity contribution < 1.29 is 22.3 Å². The summed E-state index contributed by atoms with van der Waals surface area (Å²) in [5.74, 6) is -1.38. The van der Waals surface area contributed by atoms with Crippen LogP contribution in [0.15, 0.2) is 60.0 Å². The summed E-state index contributed by atoms with van der Waals surface area (Å²) in [4.78, 5) is 12.0. The predicted molar refractivity (Wildman–Crippen MR) is 92.4 cm³/mol. The summed E-state index contributed by atoms with van der Waals surface area (Å²) < 4.78 is 45.1. The van der Waals surface area contributed by atoms with Crippen molar-refractivity contribution >= 4 is 27.6 Å². The molecule has 1 N–H and O–H groups in total. The third kappa shape index (κ3) is 4.88. The summed E-state index contributed by atoms with van der Waals surface area (Å²) in [5, 5.41) is 0.137. The number of carbonyl (C=O) groups excluding carboxylic acids is 1. The molecule has 0 radical (unpaired) electrons. The van der Waals surface area contributed by atoms with Crippen LogP contribution in [0.3, 0.4) is 0 Å². The number of carbonyl (C=O) groups is 1. The summed E-state index contributed by atoms with van der Waals surface area (Å²) in [5.41, 5.74) is 0.0721. The molecule has 0 spiro atoms. The first kappa shape index (κ1) is 19.1. The van der Waals surface area contributed by atoms with E-state index in [2.05, 4.69) is 11.3 Å². The zero-order valence-corrected chi connectivity index (χ0v) is 14.6. The molecule has 0 bridgehead atoms. The van der Waals surface area contributed by atoms with Gasteiger partial charge in [-0.15, -0.1) is 6.58 Å². The fraction of sp³-hybridized carbons (Fsp3) is 0.118. The fourth-order valence-corrected chi connectivity index (χ4v) is 3.19. The standard InChI is InChI=1S/C17H15ClFNO4S/c1-2-9-20-25(22,23)13-6-3-5-12(10-13)17(21)24-11-14-15(18)7-4-8-16(14)19/h2-8,10,20H,1,9,11H2. The molecule has 0 saturated carbocycles. The summed E-state index contributed by atoms with van der Waals surface area (Å²) >= 11 is 5.87. The molecule has 8 heteroatoms. The highest BCUT2D eigenvalue weighted by Crippen LogP contribution is 2.20. The SMILES string of the molecule is C=CCNS(=O)(=O)c1cccc(C(=O)OCc2c(F)cccc2Cl)c1. The van der Waals surface area contributed by atoms with Crippen molar-refractivity contribution in [1.82, 2.24) is 4.72 Å². The van der Waals surface area contributed by atoms with Crippen LogP contribution in [0.4, 0.5) is 4.39 Å². The smallest absolute Gasteiger partial charge is 0.338 e. The molecule has 0 aliphatic heterocycles. The number of rotatable bonds is 7. The van der Waals surface area contributed by atoms with Crippen molar-refractivity contribution in [3.8, 4) is 0 Å². The van der Waals surface area contributed by atoms with Crippen LogP contribution in [0.2, 0.25) is 5.02 Å². The molecule has 2 rings (SSSR count). The number of ether oxygens (including phenoxy) is 1. The second-order valence-electron chi connectivity index (χ2n) is 4.94. The monoisotopic (exact) mass is 383 g/mol. The summed E-state index contributed by atoms with van der Waals surface area (Å²) in [6, 6.07) is 9.45. The molecule has 0 heterocycles. The van der Waals surface area contributed by atoms with E-state index in [-0.39, 0.29) is 34.2 Å². The average Bonchev–Trinajstić information content (AvgIpc) is 2.59. The average molecular weight is 384 g/mol. The lowest BCUT2D eigenvalue weighted by molar-refractivity contribution is 0.0469. The van der Waals surface area contributed by atoms with Crippen molar-refractivity contribution in [2.75, 3.05) is 6.54 Å². The quantitative estimate of drug-likeness (QED) is 0.588. The number of esters is 1. The zero-order chi connectivity index (χ0) is 18.4. The molecule has 132 valence electrons. The second-order valence-corrected chi connectivity index (χ2v) is 7.12. The third-order valence-electron chi connectivity index (χ3n) is 3.21. The largest absolute Gasteiger partial charge is 0.457 e. The van der Waals surface area contributed by atoms with Gasteiger partial charge in [0.2, 0.25) is 10.0 Å². The Morgan fingerprint density at radius 3 is 2.68 bits per heavy atom. The van der Waals surface area contributed by atoms with E-state index in [1.807, 2.05) is 0 Å². The topological polar surface area (TPSA) is 72.5 Å². The van der Waals surface area contributed by atoms with Crippen LogP contribution in [0.5, 0.6) is 0 Å². The van der Waals surface area contributed by atoms with Crippen LogP contribution in [-0.4, -0.2) is 20.9 Å². The Bertz CT molecular complexity index is 879. The lowest BCUT2D eigenvalue weighted by Gasteiger charge is -2.09. The molecule has 25 heavy (non-hydrogen) atoms. The first-order valence-electron chi connectivity index (χ1n) is 7.16. The minimum absolute atomic E-state index is 0.0222. The van der Waals surface area contributed by atoms with E-state index in [4.69, 9.17) is 16.3 Å². The zero-order valence-electron chi connectivity index (χ0n) is 13.0. The van der Waals surface area contributed by atoms with Gasteiger partial charge in [-0.05, 0) is 30.3 Å². The highest BCUT2D eigenvalue weighted by Gasteiger charge is 2.17. The van der Waals surface area contributed by atoms with Crippen LogP contribution < -0.4 is 4.72 Å². The molecular formula is C17H15ClFNO4S. The van der Waals surface area contributed by atoms with Gasteiger partial charge in [-0.3, -0.25) is 0 Å². The summed E-state index contributed by atoms with van der Waals surface area (Å²) in [6.07, 6.45) is 1.40. The van der Waals surface area contributed by atoms with Gasteiger partial charge in [0.05, 0.1) is 15.5 Å². The van der Waals surface area contributed by atoms with Crippen LogP contribution >= 0.6 is 11.6 Å². The van der Waals surface area contributed by atoms with Crippen molar-refractivity contribution in [3.63, 3.8) is 0 Å². The number of halogens is 2. The van der Waals surface area contributed by atoms with Crippen molar-refractivity contribution in [2.45, 2.75) is 11.5 Å². The maximum Gasteiger partial charge on any atom is 0.338 e. The lowest BCUT2D eigenvalue weighted by atomic mass is 10.2. The lowest BCUT2D eigenvalue weighted by Crippen LogP contribution is -2.23. The van der Waals surface area contributed by atoms with E-state index in [1.165, 1.54) is 48.5 Å². The van der Waals surface area contributed by atoms with Gasteiger partial charge in [-0.25, -0.2) is 22.3 Å². The van der Waals surface area contributed by atoms with Gasteiger partial charge in [0, 0.05) is 12.1 Å². The summed E-state index contributed by atoms with van der Waals surface area (Å²) in [6.45, 7) is 3.12. The van der Waals surface area contributed by atoms with Crippen LogP contribution in [-0.2, 0) is 21.4 Å². The molecule has 2 aromatic carbocycles. The molecule has 0 unspecified atom stereocenters. The highest BCUT2D eigenvalue weighted by molar-refractivity contribution is 7.89. The Hall–Kier alpha value is -2.22. The predicted octanol–water partition coefficient (Wildman–Crippen LogP) is 3.30. The van der Waals surface area contributed by atoms with Crippen molar-refractivity contribution in [3.05, 3.63) is 77.1 Å². The Morgan fingerprint density at radius 1 is 1.28 bits per heavy atom. The van der Waals surface area contributed by atoms with Crippen molar-refractivity contribution in [2.24, 2.45) is 0 Å². The van der Waals surface area contributed by atoms with E-state index in [0.29, 0.717) is 0 Å². The number of hydrogen-bond donors (Lipinski definition) is 1. The maximum atomic E-state index is 13.7. The van der Waals surface area contributed by atoms with Gasteiger partial charge >= 0.3 is 5.97 Å². The molecule has 0 saturated heterocycles. The molecule has 0 aromatic heterocycles. The van der Waals surface area contributed by atoms with E-state index < -0.39 is 21.8 Å². The number of hydrogen-bond acceptors (Lipinski definition) is 4. The molecule has 2 aromatic rings.